The molecule has 0 saturated carbocycles. The molecule has 0 amide bonds. The van der Waals surface area contributed by atoms with Gasteiger partial charge in [0.2, 0.25) is 0 Å². The van der Waals surface area contributed by atoms with Crippen LogP contribution in [0.25, 0.3) is 0 Å². The minimum Gasteiger partial charge on any atom is -0.507 e. The number of aromatic hydroxyl groups is 1. The van der Waals surface area contributed by atoms with E-state index in [0.717, 1.165) is 16.7 Å². The van der Waals surface area contributed by atoms with E-state index in [4.69, 9.17) is 20.1 Å². The highest BCUT2D eigenvalue weighted by Gasteiger charge is 2.30. The second-order valence-electron chi connectivity index (χ2n) is 5.71. The summed E-state index contributed by atoms with van der Waals surface area (Å²) in [7, 11) is 0. The number of hydrogen-bond acceptors (Lipinski definition) is 6. The van der Waals surface area contributed by atoms with Gasteiger partial charge in [-0.2, -0.15) is 0 Å². The minimum atomic E-state index is -1.21. The summed E-state index contributed by atoms with van der Waals surface area (Å²) in [6, 6.07) is 3.63. The van der Waals surface area contributed by atoms with Crippen LogP contribution in [0.5, 0.6) is 5.75 Å². The number of benzene rings is 1. The average molecular weight is 312 g/mol. The van der Waals surface area contributed by atoms with Crippen LogP contribution in [-0.4, -0.2) is 52.8 Å². The first-order valence-electron chi connectivity index (χ1n) is 7.15. The van der Waals surface area contributed by atoms with Gasteiger partial charge in [0, 0.05) is 6.42 Å². The predicted molar refractivity (Wildman–Crippen MR) is 80.6 cm³/mol. The fourth-order valence-corrected chi connectivity index (χ4v) is 2.03. The Morgan fingerprint density at radius 2 is 1.59 bits per heavy atom. The van der Waals surface area contributed by atoms with Gasteiger partial charge in [-0.15, -0.1) is 0 Å². The number of carbonyl (C=O) groups is 1. The zero-order valence-electron chi connectivity index (χ0n) is 13.0. The second-order valence-corrected chi connectivity index (χ2v) is 5.71. The molecule has 0 radical (unpaired) electrons. The van der Waals surface area contributed by atoms with Gasteiger partial charge in [0.1, 0.15) is 12.4 Å². The molecule has 0 aliphatic heterocycles. The topological polar surface area (TPSA) is 107 Å². The quantitative estimate of drug-likeness (QED) is 0.519. The summed E-state index contributed by atoms with van der Waals surface area (Å²) in [6.07, 6.45) is 0.604. The van der Waals surface area contributed by atoms with Gasteiger partial charge in [0.15, 0.2) is 0 Å². The number of aliphatic hydroxyl groups is 3. The molecule has 6 heteroatoms. The Hall–Kier alpha value is -1.63. The SMILES string of the molecule is Cc1cc(CCC(=O)OCC(CO)(CO)CO)cc(C)c1O. The number of phenolic OH excluding ortho intramolecular Hbond substituents is 1. The molecule has 6 nitrogen and oxygen atoms in total. The number of phenols is 1. The number of aliphatic hydroxyl groups excluding tert-OH is 3. The van der Waals surface area contributed by atoms with Gasteiger partial charge in [-0.3, -0.25) is 4.79 Å². The Labute approximate surface area is 130 Å². The third-order valence-electron chi connectivity index (χ3n) is 3.71. The Bertz CT molecular complexity index is 476. The van der Waals surface area contributed by atoms with Crippen LogP contribution in [0.3, 0.4) is 0 Å². The van der Waals surface area contributed by atoms with E-state index in [9.17, 15) is 9.90 Å². The van der Waals surface area contributed by atoms with E-state index in [-0.39, 0.29) is 18.8 Å². The summed E-state index contributed by atoms with van der Waals surface area (Å²) in [5.74, 6) is -0.215. The first-order chi connectivity index (χ1) is 10.4. The smallest absolute Gasteiger partial charge is 0.306 e. The first-order valence-corrected chi connectivity index (χ1v) is 7.15. The van der Waals surface area contributed by atoms with Gasteiger partial charge in [0.05, 0.1) is 25.2 Å². The van der Waals surface area contributed by atoms with Gasteiger partial charge in [-0.25, -0.2) is 0 Å². The fourth-order valence-electron chi connectivity index (χ4n) is 2.03. The third kappa shape index (κ3) is 4.69. The van der Waals surface area contributed by atoms with Crippen molar-refractivity contribution in [3.63, 3.8) is 0 Å². The van der Waals surface area contributed by atoms with E-state index in [1.54, 1.807) is 13.8 Å². The molecule has 22 heavy (non-hydrogen) atoms. The molecule has 0 heterocycles. The molecule has 0 aliphatic carbocycles. The standard InChI is InChI=1S/C16H24O6/c1-11-5-13(6-12(2)15(11)21)3-4-14(20)22-10-16(7-17,8-18)9-19/h5-6,17-19,21H,3-4,7-10H2,1-2H3. The van der Waals surface area contributed by atoms with E-state index in [0.29, 0.717) is 6.42 Å². The molecule has 4 N–H and O–H groups in total. The largest absolute Gasteiger partial charge is 0.507 e. The molecule has 124 valence electrons. The van der Waals surface area contributed by atoms with E-state index in [2.05, 4.69) is 0 Å². The minimum absolute atomic E-state index is 0.141. The molecule has 1 aromatic rings. The van der Waals surface area contributed by atoms with Crippen molar-refractivity contribution in [3.05, 3.63) is 28.8 Å². The molecule has 0 saturated heterocycles. The maximum Gasteiger partial charge on any atom is 0.306 e. The summed E-state index contributed by atoms with van der Waals surface area (Å²) in [6.45, 7) is 1.95. The van der Waals surface area contributed by atoms with Crippen LogP contribution in [0.2, 0.25) is 0 Å². The molecule has 0 fully saturated rings. The van der Waals surface area contributed by atoms with Crippen LogP contribution in [0.15, 0.2) is 12.1 Å². The van der Waals surface area contributed by atoms with Crippen LogP contribution in [0.1, 0.15) is 23.1 Å². The van der Waals surface area contributed by atoms with Crippen molar-refractivity contribution in [2.45, 2.75) is 26.7 Å². The highest BCUT2D eigenvalue weighted by molar-refractivity contribution is 5.69. The zero-order chi connectivity index (χ0) is 16.8. The number of aryl methyl sites for hydroxylation is 3. The first kappa shape index (κ1) is 18.4. The van der Waals surface area contributed by atoms with E-state index in [1.807, 2.05) is 12.1 Å². The van der Waals surface area contributed by atoms with Gasteiger partial charge in [-0.1, -0.05) is 12.1 Å². The maximum atomic E-state index is 11.7. The molecular formula is C16H24O6. The summed E-state index contributed by atoms with van der Waals surface area (Å²) in [4.78, 5) is 11.7. The molecule has 1 aromatic carbocycles. The molecule has 0 bridgehead atoms. The predicted octanol–water partition coefficient (Wildman–Crippen LogP) is 0.448. The lowest BCUT2D eigenvalue weighted by Gasteiger charge is -2.26. The van der Waals surface area contributed by atoms with Crippen molar-refractivity contribution >= 4 is 5.97 Å². The van der Waals surface area contributed by atoms with Gasteiger partial charge in [0.25, 0.3) is 0 Å². The molecule has 0 aliphatic rings. The summed E-state index contributed by atoms with van der Waals surface area (Å²) in [5, 5.41) is 37.1. The molecular weight excluding hydrogens is 288 g/mol. The normalized spacial score (nSPS) is 11.5. The lowest BCUT2D eigenvalue weighted by atomic mass is 9.93. The fraction of sp³-hybridized carbons (Fsp3) is 0.562. The van der Waals surface area contributed by atoms with Crippen LogP contribution in [0.4, 0.5) is 0 Å². The van der Waals surface area contributed by atoms with Crippen molar-refractivity contribution < 1.29 is 30.0 Å². The Kier molecular flexibility index (Phi) is 6.80. The van der Waals surface area contributed by atoms with Crippen molar-refractivity contribution in [1.29, 1.82) is 0 Å². The number of carbonyl (C=O) groups excluding carboxylic acids is 1. The number of ether oxygens (including phenoxy) is 1. The van der Waals surface area contributed by atoms with E-state index in [1.165, 1.54) is 0 Å². The molecule has 0 atom stereocenters. The Morgan fingerprint density at radius 3 is 2.05 bits per heavy atom. The molecule has 0 aromatic heterocycles. The average Bonchev–Trinajstić information content (AvgIpc) is 2.52. The zero-order valence-corrected chi connectivity index (χ0v) is 13.0. The highest BCUT2D eigenvalue weighted by Crippen LogP contribution is 2.23. The van der Waals surface area contributed by atoms with Crippen molar-refractivity contribution in [1.82, 2.24) is 0 Å². The number of esters is 1. The highest BCUT2D eigenvalue weighted by atomic mass is 16.5. The summed E-state index contributed by atoms with van der Waals surface area (Å²) in [5.41, 5.74) is 1.22. The van der Waals surface area contributed by atoms with E-state index < -0.39 is 31.2 Å². The van der Waals surface area contributed by atoms with Crippen molar-refractivity contribution in [2.75, 3.05) is 26.4 Å². The lowest BCUT2D eigenvalue weighted by Crippen LogP contribution is -2.39. The number of hydrogen-bond donors (Lipinski definition) is 4. The monoisotopic (exact) mass is 312 g/mol. The van der Waals surface area contributed by atoms with Gasteiger partial charge in [-0.05, 0) is 37.0 Å². The second kappa shape index (κ2) is 8.12. The summed E-state index contributed by atoms with van der Waals surface area (Å²) >= 11 is 0. The van der Waals surface area contributed by atoms with Crippen LogP contribution >= 0.6 is 0 Å². The Morgan fingerprint density at radius 1 is 1.09 bits per heavy atom. The van der Waals surface area contributed by atoms with Crippen LogP contribution < -0.4 is 0 Å². The van der Waals surface area contributed by atoms with Crippen LogP contribution in [-0.2, 0) is 16.0 Å². The maximum absolute atomic E-state index is 11.7. The van der Waals surface area contributed by atoms with Crippen LogP contribution in [0, 0.1) is 19.3 Å². The molecule has 0 spiro atoms. The molecule has 0 unspecified atom stereocenters. The van der Waals surface area contributed by atoms with Crippen molar-refractivity contribution in [3.8, 4) is 5.75 Å². The van der Waals surface area contributed by atoms with Gasteiger partial charge < -0.3 is 25.2 Å². The molecule has 1 rings (SSSR count). The summed E-state index contributed by atoms with van der Waals surface area (Å²) < 4.78 is 5.02. The van der Waals surface area contributed by atoms with E-state index >= 15 is 0 Å². The third-order valence-corrected chi connectivity index (χ3v) is 3.71. The van der Waals surface area contributed by atoms with Crippen molar-refractivity contribution in [2.24, 2.45) is 5.41 Å². The lowest BCUT2D eigenvalue weighted by molar-refractivity contribution is -0.151. The van der Waals surface area contributed by atoms with Gasteiger partial charge >= 0.3 is 5.97 Å². The number of rotatable bonds is 8. The Balaban J connectivity index is 2.53.